The number of rotatable bonds is 6. The molecule has 1 aromatic carbocycles. The van der Waals surface area contributed by atoms with E-state index in [1.165, 1.54) is 0 Å². The second kappa shape index (κ2) is 7.84. The number of nitrogen functional groups attached to an aromatic ring is 1. The number of benzene rings is 1. The highest BCUT2D eigenvalue weighted by Gasteiger charge is 2.24. The highest BCUT2D eigenvalue weighted by atomic mass is 32.2. The van der Waals surface area contributed by atoms with Gasteiger partial charge in [-0.05, 0) is 45.0 Å². The van der Waals surface area contributed by atoms with Crippen molar-refractivity contribution in [3.63, 3.8) is 0 Å². The summed E-state index contributed by atoms with van der Waals surface area (Å²) < 4.78 is 38.7. The van der Waals surface area contributed by atoms with Crippen LogP contribution >= 0.6 is 0 Å². The van der Waals surface area contributed by atoms with Gasteiger partial charge in [-0.15, -0.1) is 0 Å². The van der Waals surface area contributed by atoms with Gasteiger partial charge in [-0.3, -0.25) is 4.72 Å². The number of aryl methyl sites for hydroxylation is 2. The Kier molecular flexibility index (Phi) is 5.19. The Bertz CT molecular complexity index is 1360. The SMILES string of the molecule is CCOc1nc(N)nc2ccc(-c3cccc(NS(=O)(=O)c4c(C)noc4C)c3)nc12. The van der Waals surface area contributed by atoms with Crippen LogP contribution in [0.2, 0.25) is 0 Å². The van der Waals surface area contributed by atoms with Crippen molar-refractivity contribution in [3.8, 4) is 17.1 Å². The van der Waals surface area contributed by atoms with Crippen LogP contribution in [0.5, 0.6) is 5.88 Å². The van der Waals surface area contributed by atoms with Gasteiger partial charge in [0.05, 0.1) is 17.8 Å². The molecule has 0 saturated heterocycles. The van der Waals surface area contributed by atoms with Crippen LogP contribution in [-0.2, 0) is 10.0 Å². The van der Waals surface area contributed by atoms with Crippen LogP contribution < -0.4 is 15.2 Å². The van der Waals surface area contributed by atoms with E-state index in [4.69, 9.17) is 15.0 Å². The average Bonchev–Trinajstić information content (AvgIpc) is 3.06. The molecule has 0 aliphatic rings. The lowest BCUT2D eigenvalue weighted by Crippen LogP contribution is -2.14. The first-order valence-corrected chi connectivity index (χ1v) is 10.9. The summed E-state index contributed by atoms with van der Waals surface area (Å²) in [6, 6.07) is 10.4. The molecule has 160 valence electrons. The third kappa shape index (κ3) is 3.99. The summed E-state index contributed by atoms with van der Waals surface area (Å²) in [5.74, 6) is 0.614. The molecule has 0 saturated carbocycles. The quantitative estimate of drug-likeness (QED) is 0.461. The maximum Gasteiger partial charge on any atom is 0.267 e. The second-order valence-corrected chi connectivity index (χ2v) is 8.34. The number of fused-ring (bicyclic) bond motifs is 1. The molecule has 10 nitrogen and oxygen atoms in total. The van der Waals surface area contributed by atoms with Crippen molar-refractivity contribution in [3.05, 3.63) is 47.9 Å². The number of anilines is 2. The number of hydrogen-bond donors (Lipinski definition) is 2. The fraction of sp³-hybridized carbons (Fsp3) is 0.200. The van der Waals surface area contributed by atoms with Crippen LogP contribution in [0.1, 0.15) is 18.4 Å². The standard InChI is InChI=1S/C20H20N6O4S/c1-4-29-19-17-16(23-20(21)24-19)9-8-15(22-17)13-6-5-7-14(10-13)26-31(27,28)18-11(2)25-30-12(18)3/h5-10,26H,4H2,1-3H3,(H2,21,23,24). The number of sulfonamides is 1. The van der Waals surface area contributed by atoms with E-state index < -0.39 is 10.0 Å². The number of nitrogens with one attached hydrogen (secondary N) is 1. The normalized spacial score (nSPS) is 11.6. The lowest BCUT2D eigenvalue weighted by molar-refractivity contribution is 0.330. The van der Waals surface area contributed by atoms with Crippen LogP contribution in [0.15, 0.2) is 45.8 Å². The van der Waals surface area contributed by atoms with Crippen LogP contribution in [-0.4, -0.2) is 35.1 Å². The van der Waals surface area contributed by atoms with Gasteiger partial charge in [0.25, 0.3) is 10.0 Å². The van der Waals surface area contributed by atoms with Crippen molar-refractivity contribution in [1.82, 2.24) is 20.1 Å². The third-order valence-electron chi connectivity index (χ3n) is 4.46. The van der Waals surface area contributed by atoms with Crippen molar-refractivity contribution in [2.24, 2.45) is 0 Å². The fourth-order valence-electron chi connectivity index (χ4n) is 3.21. The molecule has 3 N–H and O–H groups in total. The summed E-state index contributed by atoms with van der Waals surface area (Å²) in [6.07, 6.45) is 0. The molecule has 31 heavy (non-hydrogen) atoms. The zero-order chi connectivity index (χ0) is 22.2. The summed E-state index contributed by atoms with van der Waals surface area (Å²) in [4.78, 5) is 12.9. The molecule has 3 aromatic heterocycles. The highest BCUT2D eigenvalue weighted by molar-refractivity contribution is 7.92. The van der Waals surface area contributed by atoms with Crippen molar-refractivity contribution in [1.29, 1.82) is 0 Å². The average molecular weight is 440 g/mol. The van der Waals surface area contributed by atoms with Crippen molar-refractivity contribution in [2.75, 3.05) is 17.1 Å². The Hall–Kier alpha value is -3.73. The van der Waals surface area contributed by atoms with E-state index in [1.807, 2.05) is 13.0 Å². The van der Waals surface area contributed by atoms with Crippen LogP contribution in [0.3, 0.4) is 0 Å². The minimum absolute atomic E-state index is 0.0258. The van der Waals surface area contributed by atoms with E-state index in [0.29, 0.717) is 46.2 Å². The summed E-state index contributed by atoms with van der Waals surface area (Å²) in [7, 11) is -3.86. The Morgan fingerprint density at radius 1 is 1.13 bits per heavy atom. The van der Waals surface area contributed by atoms with E-state index in [2.05, 4.69) is 24.8 Å². The molecule has 4 aromatic rings. The molecule has 0 atom stereocenters. The molecular formula is C20H20N6O4S. The molecule has 0 aliphatic carbocycles. The number of hydrogen-bond acceptors (Lipinski definition) is 9. The highest BCUT2D eigenvalue weighted by Crippen LogP contribution is 2.28. The topological polar surface area (TPSA) is 146 Å². The van der Waals surface area contributed by atoms with Crippen LogP contribution in [0.4, 0.5) is 11.6 Å². The number of pyridine rings is 1. The summed E-state index contributed by atoms with van der Waals surface area (Å²) in [5.41, 5.74) is 8.71. The minimum atomic E-state index is -3.86. The van der Waals surface area contributed by atoms with Gasteiger partial charge in [-0.1, -0.05) is 17.3 Å². The second-order valence-electron chi connectivity index (χ2n) is 6.72. The first-order valence-electron chi connectivity index (χ1n) is 9.41. The molecule has 4 rings (SSSR count). The Morgan fingerprint density at radius 3 is 2.65 bits per heavy atom. The number of ether oxygens (including phenoxy) is 1. The Labute approximate surface area is 178 Å². The summed E-state index contributed by atoms with van der Waals surface area (Å²) >= 11 is 0. The summed E-state index contributed by atoms with van der Waals surface area (Å²) in [6.45, 7) is 5.36. The van der Waals surface area contributed by atoms with Gasteiger partial charge in [0.15, 0.2) is 16.2 Å². The van der Waals surface area contributed by atoms with E-state index in [0.717, 1.165) is 0 Å². The molecule has 0 spiro atoms. The zero-order valence-corrected chi connectivity index (χ0v) is 17.9. The van der Waals surface area contributed by atoms with E-state index in [1.54, 1.807) is 44.2 Å². The molecule has 0 unspecified atom stereocenters. The predicted octanol–water partition coefficient (Wildman–Crippen LogP) is 3.08. The van der Waals surface area contributed by atoms with Gasteiger partial charge < -0.3 is 15.0 Å². The molecule has 0 aliphatic heterocycles. The molecular weight excluding hydrogens is 420 g/mol. The minimum Gasteiger partial charge on any atom is -0.476 e. The molecule has 0 fully saturated rings. The van der Waals surface area contributed by atoms with Gasteiger partial charge in [0.2, 0.25) is 11.8 Å². The van der Waals surface area contributed by atoms with Crippen LogP contribution in [0, 0.1) is 13.8 Å². The van der Waals surface area contributed by atoms with E-state index in [-0.39, 0.29) is 16.6 Å². The number of nitrogens with zero attached hydrogens (tertiary/aromatic N) is 4. The molecule has 0 radical (unpaired) electrons. The van der Waals surface area contributed by atoms with Gasteiger partial charge in [0.1, 0.15) is 5.69 Å². The van der Waals surface area contributed by atoms with E-state index in [9.17, 15) is 8.42 Å². The van der Waals surface area contributed by atoms with Crippen molar-refractivity contribution in [2.45, 2.75) is 25.7 Å². The summed E-state index contributed by atoms with van der Waals surface area (Å²) in [5, 5.41) is 3.71. The maximum absolute atomic E-state index is 12.8. The van der Waals surface area contributed by atoms with Gasteiger partial charge >= 0.3 is 0 Å². The Balaban J connectivity index is 1.72. The number of aromatic nitrogens is 4. The molecule has 11 heteroatoms. The number of nitrogens with two attached hydrogens (primary N) is 1. The third-order valence-corrected chi connectivity index (χ3v) is 6.08. The van der Waals surface area contributed by atoms with E-state index >= 15 is 0 Å². The maximum atomic E-state index is 12.8. The fourth-order valence-corrected chi connectivity index (χ4v) is 4.59. The largest absolute Gasteiger partial charge is 0.476 e. The molecule has 0 amide bonds. The lowest BCUT2D eigenvalue weighted by Gasteiger charge is -2.10. The van der Waals surface area contributed by atoms with Crippen molar-refractivity contribution >= 4 is 32.7 Å². The zero-order valence-electron chi connectivity index (χ0n) is 17.1. The first kappa shape index (κ1) is 20.5. The smallest absolute Gasteiger partial charge is 0.267 e. The van der Waals surface area contributed by atoms with Gasteiger partial charge in [0, 0.05) is 11.3 Å². The Morgan fingerprint density at radius 2 is 1.94 bits per heavy atom. The molecule has 3 heterocycles. The monoisotopic (exact) mass is 440 g/mol. The van der Waals surface area contributed by atoms with Gasteiger partial charge in [-0.25, -0.2) is 18.4 Å². The molecule has 0 bridgehead atoms. The lowest BCUT2D eigenvalue weighted by atomic mass is 10.1. The first-order chi connectivity index (χ1) is 14.8. The van der Waals surface area contributed by atoms with Crippen molar-refractivity contribution < 1.29 is 17.7 Å². The van der Waals surface area contributed by atoms with Gasteiger partial charge in [-0.2, -0.15) is 4.98 Å². The van der Waals surface area contributed by atoms with Crippen LogP contribution in [0.25, 0.3) is 22.3 Å². The predicted molar refractivity (Wildman–Crippen MR) is 115 cm³/mol.